The minimum Gasteiger partial charge on any atom is -0.368 e. The Morgan fingerprint density at radius 3 is 2.43 bits per heavy atom. The van der Waals surface area contributed by atoms with Gasteiger partial charge in [0.15, 0.2) is 0 Å². The van der Waals surface area contributed by atoms with E-state index in [0.29, 0.717) is 25.8 Å². The van der Waals surface area contributed by atoms with Crippen LogP contribution in [0.5, 0.6) is 0 Å². The molecule has 1 aromatic carbocycles. The molecule has 0 atom stereocenters. The summed E-state index contributed by atoms with van der Waals surface area (Å²) in [5.41, 5.74) is 6.80. The van der Waals surface area contributed by atoms with Gasteiger partial charge in [0.05, 0.1) is 0 Å². The van der Waals surface area contributed by atoms with Gasteiger partial charge in [-0.15, -0.1) is 0 Å². The van der Waals surface area contributed by atoms with Crippen molar-refractivity contribution < 1.29 is 14.4 Å². The molecule has 8 heteroatoms. The summed E-state index contributed by atoms with van der Waals surface area (Å²) in [6.45, 7) is 2.37. The van der Waals surface area contributed by atoms with E-state index in [4.69, 9.17) is 5.73 Å². The fourth-order valence-electron chi connectivity index (χ4n) is 4.48. The number of hydrogen-bond acceptors (Lipinski definition) is 5. The summed E-state index contributed by atoms with van der Waals surface area (Å²) < 4.78 is 0. The molecule has 7 nitrogen and oxygen atoms in total. The predicted molar refractivity (Wildman–Crippen MR) is 115 cm³/mol. The molecule has 2 saturated heterocycles. The Bertz CT molecular complexity index is 908. The molecule has 4 amide bonds. The zero-order valence-electron chi connectivity index (χ0n) is 16.8. The van der Waals surface area contributed by atoms with E-state index < -0.39 is 17.5 Å². The van der Waals surface area contributed by atoms with Crippen molar-refractivity contribution in [3.05, 3.63) is 58.3 Å². The van der Waals surface area contributed by atoms with Crippen molar-refractivity contribution in [2.24, 2.45) is 5.73 Å². The Morgan fingerprint density at radius 2 is 1.80 bits per heavy atom. The predicted octanol–water partition coefficient (Wildman–Crippen LogP) is 2.07. The monoisotopic (exact) mass is 426 g/mol. The number of likely N-dealkylation sites (tertiary alicyclic amines) is 1. The van der Waals surface area contributed by atoms with E-state index in [9.17, 15) is 14.4 Å². The van der Waals surface area contributed by atoms with E-state index >= 15 is 0 Å². The largest absolute Gasteiger partial charge is 0.368 e. The van der Waals surface area contributed by atoms with Crippen molar-refractivity contribution in [3.63, 3.8) is 0 Å². The molecule has 158 valence electrons. The Balaban J connectivity index is 1.52. The highest BCUT2D eigenvalue weighted by Crippen LogP contribution is 2.37. The molecule has 2 aliphatic heterocycles. The molecule has 0 aliphatic carbocycles. The second-order valence-corrected chi connectivity index (χ2v) is 8.75. The third-order valence-corrected chi connectivity index (χ3v) is 6.80. The lowest BCUT2D eigenvalue weighted by Gasteiger charge is -2.42. The number of piperidine rings is 1. The molecule has 2 fully saturated rings. The summed E-state index contributed by atoms with van der Waals surface area (Å²) in [4.78, 5) is 42.9. The summed E-state index contributed by atoms with van der Waals surface area (Å²) in [6.07, 6.45) is 1.78. The van der Waals surface area contributed by atoms with Crippen molar-refractivity contribution in [2.45, 2.75) is 31.3 Å². The van der Waals surface area contributed by atoms with Crippen LogP contribution in [0.25, 0.3) is 0 Å². The molecule has 0 unspecified atom stereocenters. The molecular formula is C22H26N4O3S. The number of imide groups is 1. The summed E-state index contributed by atoms with van der Waals surface area (Å²) >= 11 is 1.67. The third-order valence-electron chi connectivity index (χ3n) is 6.07. The first-order chi connectivity index (χ1) is 14.5. The lowest BCUT2D eigenvalue weighted by molar-refractivity contribution is -0.137. The van der Waals surface area contributed by atoms with Crippen molar-refractivity contribution >= 4 is 29.2 Å². The van der Waals surface area contributed by atoms with Crippen molar-refractivity contribution in [1.82, 2.24) is 14.7 Å². The average Bonchev–Trinajstić information content (AvgIpc) is 3.31. The van der Waals surface area contributed by atoms with Gasteiger partial charge >= 0.3 is 6.03 Å². The SMILES string of the molecule is NC(=O)CN1C(=O)N(CCc2ccccc2)C2(CCN(Cc3ccsc3)CC2)C1=O. The van der Waals surface area contributed by atoms with Gasteiger partial charge in [-0.3, -0.25) is 19.4 Å². The minimum absolute atomic E-state index is 0.283. The topological polar surface area (TPSA) is 86.9 Å². The Labute approximate surface area is 180 Å². The van der Waals surface area contributed by atoms with Gasteiger partial charge in [0, 0.05) is 26.2 Å². The van der Waals surface area contributed by atoms with Gasteiger partial charge < -0.3 is 10.6 Å². The number of nitrogens with two attached hydrogens (primary N) is 1. The standard InChI is InChI=1S/C22H26N4O3S/c23-19(27)15-25-20(28)22(8-11-24(12-9-22)14-18-7-13-30-16-18)26(21(25)29)10-6-17-4-2-1-3-5-17/h1-5,7,13,16H,6,8-12,14-15H2,(H2,23,27). The number of carbonyl (C=O) groups excluding carboxylic acids is 3. The smallest absolute Gasteiger partial charge is 0.328 e. The lowest BCUT2D eigenvalue weighted by Crippen LogP contribution is -2.56. The number of primary amides is 1. The molecule has 4 rings (SSSR count). The molecule has 1 spiro atoms. The minimum atomic E-state index is -0.882. The van der Waals surface area contributed by atoms with Crippen LogP contribution in [-0.4, -0.2) is 64.3 Å². The molecule has 0 radical (unpaired) electrons. The van der Waals surface area contributed by atoms with Crippen LogP contribution in [0.3, 0.4) is 0 Å². The van der Waals surface area contributed by atoms with E-state index in [1.165, 1.54) is 5.56 Å². The average molecular weight is 427 g/mol. The number of urea groups is 1. The molecule has 3 heterocycles. The van der Waals surface area contributed by atoms with Gasteiger partial charge in [-0.05, 0) is 47.2 Å². The van der Waals surface area contributed by atoms with E-state index in [0.717, 1.165) is 30.1 Å². The summed E-state index contributed by atoms with van der Waals surface area (Å²) in [5.74, 6) is -0.957. The summed E-state index contributed by atoms with van der Waals surface area (Å²) in [7, 11) is 0. The Hall–Kier alpha value is -2.71. The number of amides is 4. The molecule has 2 aromatic rings. The number of benzene rings is 1. The first-order valence-electron chi connectivity index (χ1n) is 10.2. The number of carbonyl (C=O) groups is 3. The first-order valence-corrected chi connectivity index (χ1v) is 11.1. The molecule has 0 saturated carbocycles. The zero-order valence-corrected chi connectivity index (χ0v) is 17.6. The van der Waals surface area contributed by atoms with Crippen molar-refractivity contribution in [3.8, 4) is 0 Å². The van der Waals surface area contributed by atoms with Gasteiger partial charge in [0.1, 0.15) is 12.1 Å². The highest BCUT2D eigenvalue weighted by molar-refractivity contribution is 7.07. The second kappa shape index (κ2) is 8.57. The maximum atomic E-state index is 13.3. The molecule has 1 aromatic heterocycles. The van der Waals surface area contributed by atoms with Crippen LogP contribution in [0.1, 0.15) is 24.0 Å². The fraction of sp³-hybridized carbons (Fsp3) is 0.409. The summed E-state index contributed by atoms with van der Waals surface area (Å²) in [6, 6.07) is 11.6. The number of nitrogens with zero attached hydrogens (tertiary/aromatic N) is 3. The highest BCUT2D eigenvalue weighted by atomic mass is 32.1. The molecular weight excluding hydrogens is 400 g/mol. The van der Waals surface area contributed by atoms with E-state index in [1.807, 2.05) is 30.3 Å². The normalized spacial score (nSPS) is 19.1. The Morgan fingerprint density at radius 1 is 1.07 bits per heavy atom. The third kappa shape index (κ3) is 3.97. The van der Waals surface area contributed by atoms with Gasteiger partial charge in [0.25, 0.3) is 5.91 Å². The van der Waals surface area contributed by atoms with Gasteiger partial charge in [-0.1, -0.05) is 30.3 Å². The van der Waals surface area contributed by atoms with Crippen LogP contribution >= 0.6 is 11.3 Å². The number of thiophene rings is 1. The van der Waals surface area contributed by atoms with Crippen molar-refractivity contribution in [1.29, 1.82) is 0 Å². The quantitative estimate of drug-likeness (QED) is 0.687. The van der Waals surface area contributed by atoms with Crippen LogP contribution in [0.2, 0.25) is 0 Å². The maximum absolute atomic E-state index is 13.3. The summed E-state index contributed by atoms with van der Waals surface area (Å²) in [5, 5.41) is 4.20. The maximum Gasteiger partial charge on any atom is 0.328 e. The van der Waals surface area contributed by atoms with Gasteiger partial charge in [-0.2, -0.15) is 11.3 Å². The lowest BCUT2D eigenvalue weighted by atomic mass is 9.85. The number of hydrogen-bond donors (Lipinski definition) is 1. The zero-order chi connectivity index (χ0) is 21.1. The van der Waals surface area contributed by atoms with Gasteiger partial charge in [-0.25, -0.2) is 4.79 Å². The van der Waals surface area contributed by atoms with Crippen LogP contribution in [0.4, 0.5) is 4.79 Å². The van der Waals surface area contributed by atoms with E-state index in [1.54, 1.807) is 16.2 Å². The van der Waals surface area contributed by atoms with Crippen LogP contribution in [0.15, 0.2) is 47.2 Å². The van der Waals surface area contributed by atoms with Crippen LogP contribution in [-0.2, 0) is 22.6 Å². The van der Waals surface area contributed by atoms with E-state index in [2.05, 4.69) is 21.7 Å². The first kappa shape index (κ1) is 20.6. The van der Waals surface area contributed by atoms with E-state index in [-0.39, 0.29) is 12.5 Å². The highest BCUT2D eigenvalue weighted by Gasteiger charge is 2.57. The van der Waals surface area contributed by atoms with Gasteiger partial charge in [0.2, 0.25) is 5.91 Å². The van der Waals surface area contributed by atoms with Crippen LogP contribution in [0, 0.1) is 0 Å². The molecule has 2 N–H and O–H groups in total. The number of rotatable bonds is 7. The molecule has 2 aliphatic rings. The fourth-order valence-corrected chi connectivity index (χ4v) is 5.14. The Kier molecular flexibility index (Phi) is 5.87. The molecule has 0 bridgehead atoms. The second-order valence-electron chi connectivity index (χ2n) is 7.97. The van der Waals surface area contributed by atoms with Crippen LogP contribution < -0.4 is 5.73 Å². The molecule has 30 heavy (non-hydrogen) atoms. The van der Waals surface area contributed by atoms with Crippen molar-refractivity contribution in [2.75, 3.05) is 26.2 Å².